The number of rotatable bonds is 4. The molecule has 0 atom stereocenters. The Bertz CT molecular complexity index is 1100. The quantitative estimate of drug-likeness (QED) is 0.540. The molecule has 5 nitrogen and oxygen atoms in total. The second-order valence-corrected chi connectivity index (χ2v) is 7.24. The van der Waals surface area contributed by atoms with E-state index < -0.39 is 11.7 Å². The van der Waals surface area contributed by atoms with Gasteiger partial charge in [-0.05, 0) is 29.8 Å². The van der Waals surface area contributed by atoms with Gasteiger partial charge in [-0.1, -0.05) is 47.1 Å². The standard InChI is InChI=1S/C21H15ClF3N3O2/c22-17-7-2-1-4-13(17)8-9-18(29)28-11-15(12-28)20-26-19(27-30-20)14-5-3-6-16(10-14)21(23,24)25/h1-10,15H,11-12H2/b9-8+. The predicted molar refractivity (Wildman–Crippen MR) is 105 cm³/mol. The Morgan fingerprint density at radius 3 is 2.67 bits per heavy atom. The van der Waals surface area contributed by atoms with E-state index in [9.17, 15) is 18.0 Å². The molecular formula is C21H15ClF3N3O2. The van der Waals surface area contributed by atoms with Gasteiger partial charge in [0.05, 0.1) is 11.5 Å². The maximum absolute atomic E-state index is 12.9. The van der Waals surface area contributed by atoms with E-state index in [1.807, 2.05) is 6.07 Å². The summed E-state index contributed by atoms with van der Waals surface area (Å²) >= 11 is 6.06. The molecule has 0 aliphatic carbocycles. The first-order valence-corrected chi connectivity index (χ1v) is 9.42. The molecule has 1 amide bonds. The predicted octanol–water partition coefficient (Wildman–Crippen LogP) is 5.05. The van der Waals surface area contributed by atoms with Crippen molar-refractivity contribution in [3.8, 4) is 11.4 Å². The van der Waals surface area contributed by atoms with Crippen LogP contribution in [0.1, 0.15) is 22.9 Å². The largest absolute Gasteiger partial charge is 0.416 e. The maximum atomic E-state index is 12.9. The Morgan fingerprint density at radius 1 is 1.17 bits per heavy atom. The highest BCUT2D eigenvalue weighted by Crippen LogP contribution is 2.32. The molecular weight excluding hydrogens is 419 g/mol. The molecule has 2 aromatic carbocycles. The van der Waals surface area contributed by atoms with Crippen LogP contribution in [-0.2, 0) is 11.0 Å². The number of amides is 1. The van der Waals surface area contributed by atoms with Crippen molar-refractivity contribution < 1.29 is 22.5 Å². The van der Waals surface area contributed by atoms with Gasteiger partial charge < -0.3 is 9.42 Å². The van der Waals surface area contributed by atoms with Crippen molar-refractivity contribution in [1.29, 1.82) is 0 Å². The molecule has 0 radical (unpaired) electrons. The number of benzene rings is 2. The van der Waals surface area contributed by atoms with Crippen molar-refractivity contribution >= 4 is 23.6 Å². The molecule has 1 aliphatic heterocycles. The van der Waals surface area contributed by atoms with Crippen LogP contribution in [0.15, 0.2) is 59.1 Å². The minimum Gasteiger partial charge on any atom is -0.339 e. The van der Waals surface area contributed by atoms with Gasteiger partial charge in [-0.15, -0.1) is 0 Å². The van der Waals surface area contributed by atoms with Gasteiger partial charge in [-0.2, -0.15) is 18.2 Å². The zero-order valence-electron chi connectivity index (χ0n) is 15.4. The first kappa shape index (κ1) is 20.2. The number of hydrogen-bond donors (Lipinski definition) is 0. The zero-order chi connectivity index (χ0) is 21.3. The topological polar surface area (TPSA) is 59.2 Å². The van der Waals surface area contributed by atoms with E-state index in [1.165, 1.54) is 18.2 Å². The molecule has 0 unspecified atom stereocenters. The first-order chi connectivity index (χ1) is 14.3. The second-order valence-electron chi connectivity index (χ2n) is 6.83. The third-order valence-electron chi connectivity index (χ3n) is 4.74. The molecule has 4 rings (SSSR count). The van der Waals surface area contributed by atoms with Gasteiger partial charge in [0, 0.05) is 29.8 Å². The van der Waals surface area contributed by atoms with Crippen molar-refractivity contribution in [3.63, 3.8) is 0 Å². The highest BCUT2D eigenvalue weighted by molar-refractivity contribution is 6.32. The van der Waals surface area contributed by atoms with Crippen molar-refractivity contribution in [2.24, 2.45) is 0 Å². The monoisotopic (exact) mass is 433 g/mol. The highest BCUT2D eigenvalue weighted by Gasteiger charge is 2.35. The average Bonchev–Trinajstić information content (AvgIpc) is 3.15. The molecule has 0 spiro atoms. The smallest absolute Gasteiger partial charge is 0.339 e. The molecule has 30 heavy (non-hydrogen) atoms. The van der Waals surface area contributed by atoms with Crippen molar-refractivity contribution in [3.05, 3.63) is 76.6 Å². The van der Waals surface area contributed by atoms with Gasteiger partial charge in [0.25, 0.3) is 0 Å². The molecule has 2 heterocycles. The number of aromatic nitrogens is 2. The molecule has 1 saturated heterocycles. The van der Waals surface area contributed by atoms with Gasteiger partial charge in [0.1, 0.15) is 0 Å². The lowest BCUT2D eigenvalue weighted by Gasteiger charge is -2.36. The number of hydrogen-bond acceptors (Lipinski definition) is 4. The van der Waals surface area contributed by atoms with Gasteiger partial charge in [0.2, 0.25) is 17.6 Å². The first-order valence-electron chi connectivity index (χ1n) is 9.04. The van der Waals surface area contributed by atoms with E-state index in [0.29, 0.717) is 24.0 Å². The summed E-state index contributed by atoms with van der Waals surface area (Å²) in [6.07, 6.45) is -1.36. The van der Waals surface area contributed by atoms with Gasteiger partial charge in [-0.3, -0.25) is 4.79 Å². The summed E-state index contributed by atoms with van der Waals surface area (Å²) in [5.74, 6) is 0.0412. The number of halogens is 4. The third kappa shape index (κ3) is 4.23. The average molecular weight is 434 g/mol. The maximum Gasteiger partial charge on any atom is 0.416 e. The van der Waals surface area contributed by atoms with E-state index in [-0.39, 0.29) is 23.2 Å². The normalized spacial score (nSPS) is 14.9. The molecule has 1 aliphatic rings. The van der Waals surface area contributed by atoms with Gasteiger partial charge in [-0.25, -0.2) is 0 Å². The lowest BCUT2D eigenvalue weighted by Crippen LogP contribution is -2.47. The van der Waals surface area contributed by atoms with Crippen LogP contribution < -0.4 is 0 Å². The fraction of sp³-hybridized carbons (Fsp3) is 0.190. The number of alkyl halides is 3. The fourth-order valence-corrected chi connectivity index (χ4v) is 3.24. The molecule has 0 bridgehead atoms. The molecule has 9 heteroatoms. The summed E-state index contributed by atoms with van der Waals surface area (Å²) in [5.41, 5.74) is 0.180. The van der Waals surface area contributed by atoms with Gasteiger partial charge in [0.15, 0.2) is 0 Å². The molecule has 3 aromatic rings. The van der Waals surface area contributed by atoms with Crippen LogP contribution in [0.5, 0.6) is 0 Å². The van der Waals surface area contributed by atoms with E-state index in [2.05, 4.69) is 10.1 Å². The minimum absolute atomic E-state index is 0.0829. The summed E-state index contributed by atoms with van der Waals surface area (Å²) in [4.78, 5) is 18.1. The molecule has 0 N–H and O–H groups in total. The summed E-state index contributed by atoms with van der Waals surface area (Å²) in [5, 5.41) is 4.33. The molecule has 154 valence electrons. The Labute approximate surface area is 174 Å². The number of likely N-dealkylation sites (tertiary alicyclic amines) is 1. The Hall–Kier alpha value is -3.13. The Balaban J connectivity index is 1.39. The SMILES string of the molecule is O=C(/C=C/c1ccccc1Cl)N1CC(c2nc(-c3cccc(C(F)(F)F)c3)no2)C1. The molecule has 1 fully saturated rings. The van der Waals surface area contributed by atoms with Crippen LogP contribution >= 0.6 is 11.6 Å². The molecule has 0 saturated carbocycles. The molecule has 1 aromatic heterocycles. The summed E-state index contributed by atoms with van der Waals surface area (Å²) in [7, 11) is 0. The summed E-state index contributed by atoms with van der Waals surface area (Å²) in [6.45, 7) is 0.770. The summed E-state index contributed by atoms with van der Waals surface area (Å²) in [6, 6.07) is 11.9. The van der Waals surface area contributed by atoms with E-state index in [0.717, 1.165) is 17.7 Å². The second kappa shape index (κ2) is 7.95. The fourth-order valence-electron chi connectivity index (χ4n) is 3.04. The van der Waals surface area contributed by atoms with Crippen molar-refractivity contribution in [1.82, 2.24) is 15.0 Å². The van der Waals surface area contributed by atoms with E-state index >= 15 is 0 Å². The van der Waals surface area contributed by atoms with Crippen molar-refractivity contribution in [2.45, 2.75) is 12.1 Å². The number of carbonyl (C=O) groups excluding carboxylic acids is 1. The Kier molecular flexibility index (Phi) is 5.34. The lowest BCUT2D eigenvalue weighted by atomic mass is 10.00. The van der Waals surface area contributed by atoms with Crippen LogP contribution in [0.3, 0.4) is 0 Å². The number of carbonyl (C=O) groups is 1. The minimum atomic E-state index is -4.45. The zero-order valence-corrected chi connectivity index (χ0v) is 16.2. The Morgan fingerprint density at radius 2 is 1.93 bits per heavy atom. The van der Waals surface area contributed by atoms with E-state index in [4.69, 9.17) is 16.1 Å². The van der Waals surface area contributed by atoms with Crippen molar-refractivity contribution in [2.75, 3.05) is 13.1 Å². The number of nitrogens with zero attached hydrogens (tertiary/aromatic N) is 3. The highest BCUT2D eigenvalue weighted by atomic mass is 35.5. The van der Waals surface area contributed by atoms with Gasteiger partial charge >= 0.3 is 6.18 Å². The van der Waals surface area contributed by atoms with Crippen LogP contribution in [0, 0.1) is 0 Å². The van der Waals surface area contributed by atoms with Crippen LogP contribution in [0.25, 0.3) is 17.5 Å². The summed E-state index contributed by atoms with van der Waals surface area (Å²) < 4.78 is 43.8. The van der Waals surface area contributed by atoms with Crippen LogP contribution in [-0.4, -0.2) is 34.0 Å². The van der Waals surface area contributed by atoms with Crippen LogP contribution in [0.2, 0.25) is 5.02 Å². The lowest BCUT2D eigenvalue weighted by molar-refractivity contribution is -0.137. The third-order valence-corrected chi connectivity index (χ3v) is 5.09. The van der Waals surface area contributed by atoms with Crippen LogP contribution in [0.4, 0.5) is 13.2 Å². The van der Waals surface area contributed by atoms with E-state index in [1.54, 1.807) is 29.2 Å².